The second kappa shape index (κ2) is 10.2. The number of hydrogen-bond donors (Lipinski definition) is 4. The van der Waals surface area contributed by atoms with Crippen molar-refractivity contribution < 1.29 is 9.90 Å². The normalized spacial score (nSPS) is 16.0. The molecule has 31 heavy (non-hydrogen) atoms. The highest BCUT2D eigenvalue weighted by Crippen LogP contribution is 2.28. The number of aliphatic hydroxyl groups is 1. The lowest BCUT2D eigenvalue weighted by Gasteiger charge is -2.39. The van der Waals surface area contributed by atoms with Crippen LogP contribution in [0.25, 0.3) is 0 Å². The van der Waals surface area contributed by atoms with Gasteiger partial charge in [-0.3, -0.25) is 4.79 Å². The van der Waals surface area contributed by atoms with E-state index in [0.29, 0.717) is 38.2 Å². The van der Waals surface area contributed by atoms with Crippen LogP contribution >= 0.6 is 0 Å². The lowest BCUT2D eigenvalue weighted by Crippen LogP contribution is -2.60. The van der Waals surface area contributed by atoms with Gasteiger partial charge in [-0.15, -0.1) is 0 Å². The summed E-state index contributed by atoms with van der Waals surface area (Å²) in [6, 6.07) is 9.58. The summed E-state index contributed by atoms with van der Waals surface area (Å²) in [6.07, 6.45) is 2.52. The molecule has 0 unspecified atom stereocenters. The minimum absolute atomic E-state index is 0. The molecule has 2 heterocycles. The number of amides is 1. The second-order valence-corrected chi connectivity index (χ2v) is 7.66. The van der Waals surface area contributed by atoms with Crippen LogP contribution in [-0.4, -0.2) is 46.2 Å². The molecule has 2 aromatic rings. The molecule has 1 aliphatic rings. The SMILES string of the molecule is C.Cc1ccc([C@H](CCO)NC(=O)C2(N)CCN(c3ncnc(N)c3C#N)CC2)cc1. The van der Waals surface area contributed by atoms with Crippen LogP contribution in [0.2, 0.25) is 0 Å². The number of carbonyl (C=O) groups is 1. The molecule has 1 amide bonds. The van der Waals surface area contributed by atoms with Gasteiger partial charge in [0.15, 0.2) is 5.82 Å². The first kappa shape index (κ1) is 24.1. The number of nitrogens with zero attached hydrogens (tertiary/aromatic N) is 4. The van der Waals surface area contributed by atoms with Gasteiger partial charge in [-0.1, -0.05) is 37.3 Å². The van der Waals surface area contributed by atoms with Crippen molar-refractivity contribution in [1.29, 1.82) is 5.26 Å². The van der Waals surface area contributed by atoms with E-state index >= 15 is 0 Å². The topological polar surface area (TPSA) is 154 Å². The third-order valence-corrected chi connectivity index (χ3v) is 5.58. The molecule has 0 radical (unpaired) electrons. The number of piperidine rings is 1. The summed E-state index contributed by atoms with van der Waals surface area (Å²) in [7, 11) is 0. The van der Waals surface area contributed by atoms with Crippen molar-refractivity contribution >= 4 is 17.5 Å². The highest BCUT2D eigenvalue weighted by Gasteiger charge is 2.39. The van der Waals surface area contributed by atoms with Crippen molar-refractivity contribution in [2.45, 2.75) is 45.2 Å². The van der Waals surface area contributed by atoms with Gasteiger partial charge in [-0.25, -0.2) is 9.97 Å². The predicted molar refractivity (Wildman–Crippen MR) is 120 cm³/mol. The number of nitrogen functional groups attached to an aromatic ring is 1. The fourth-order valence-electron chi connectivity index (χ4n) is 3.63. The summed E-state index contributed by atoms with van der Waals surface area (Å²) in [4.78, 5) is 23.0. The molecule has 0 aliphatic carbocycles. The summed E-state index contributed by atoms with van der Waals surface area (Å²) in [5.41, 5.74) is 13.5. The number of nitrogens with two attached hydrogens (primary N) is 2. The first-order chi connectivity index (χ1) is 14.4. The van der Waals surface area contributed by atoms with Gasteiger partial charge in [0.2, 0.25) is 5.91 Å². The Morgan fingerprint density at radius 3 is 2.55 bits per heavy atom. The lowest BCUT2D eigenvalue weighted by atomic mass is 9.86. The molecule has 3 rings (SSSR count). The van der Waals surface area contributed by atoms with Gasteiger partial charge in [0.25, 0.3) is 0 Å². The molecule has 1 aromatic heterocycles. The number of benzene rings is 1. The first-order valence-corrected chi connectivity index (χ1v) is 9.91. The molecule has 9 heteroatoms. The van der Waals surface area contributed by atoms with E-state index in [-0.39, 0.29) is 37.4 Å². The largest absolute Gasteiger partial charge is 0.396 e. The molecule has 6 N–H and O–H groups in total. The maximum atomic E-state index is 13.0. The quantitative estimate of drug-likeness (QED) is 0.541. The van der Waals surface area contributed by atoms with E-state index < -0.39 is 5.54 Å². The Bertz CT molecular complexity index is 932. The number of aliphatic hydroxyl groups excluding tert-OH is 1. The number of nitrogens with one attached hydrogen (secondary N) is 1. The first-order valence-electron chi connectivity index (χ1n) is 9.91. The summed E-state index contributed by atoms with van der Waals surface area (Å²) in [6.45, 7) is 2.87. The maximum Gasteiger partial charge on any atom is 0.240 e. The predicted octanol–water partition coefficient (Wildman–Crippen LogP) is 1.41. The Balaban J connectivity index is 0.00000341. The molecule has 1 aromatic carbocycles. The van der Waals surface area contributed by atoms with Crippen LogP contribution in [0.5, 0.6) is 0 Å². The molecule has 9 nitrogen and oxygen atoms in total. The average molecular weight is 426 g/mol. The standard InChI is InChI=1S/C21H27N7O2.CH4/c1-14-2-4-15(5-3-14)17(6-11-29)27-20(30)21(24)7-9-28(10-8-21)19-16(12-22)18(23)25-13-26-19;/h2-5,13,17,29H,6-11,24H2,1H3,(H,27,30)(H2,23,25,26);1H4/t17-;/m0./s1. The van der Waals surface area contributed by atoms with Crippen LogP contribution in [0.15, 0.2) is 30.6 Å². The summed E-state index contributed by atoms with van der Waals surface area (Å²) in [5, 5.41) is 21.8. The minimum atomic E-state index is -1.04. The Hall–Kier alpha value is -3.22. The molecular weight excluding hydrogens is 394 g/mol. The monoisotopic (exact) mass is 425 g/mol. The van der Waals surface area contributed by atoms with Gasteiger partial charge >= 0.3 is 0 Å². The third kappa shape index (κ3) is 5.29. The average Bonchev–Trinajstić information content (AvgIpc) is 2.74. The van der Waals surface area contributed by atoms with E-state index in [1.807, 2.05) is 42.2 Å². The van der Waals surface area contributed by atoms with Gasteiger partial charge in [0.1, 0.15) is 23.8 Å². The molecule has 166 valence electrons. The van der Waals surface area contributed by atoms with Gasteiger partial charge in [-0.05, 0) is 31.7 Å². The molecule has 1 saturated heterocycles. The van der Waals surface area contributed by atoms with Crippen LogP contribution in [0, 0.1) is 18.3 Å². The van der Waals surface area contributed by atoms with Crippen molar-refractivity contribution in [2.24, 2.45) is 5.73 Å². The van der Waals surface area contributed by atoms with Crippen molar-refractivity contribution in [3.05, 3.63) is 47.3 Å². The van der Waals surface area contributed by atoms with Crippen molar-refractivity contribution in [3.8, 4) is 6.07 Å². The van der Waals surface area contributed by atoms with Gasteiger partial charge in [0, 0.05) is 19.7 Å². The van der Waals surface area contributed by atoms with E-state index in [9.17, 15) is 15.2 Å². The van der Waals surface area contributed by atoms with E-state index in [4.69, 9.17) is 11.5 Å². The maximum absolute atomic E-state index is 13.0. The van der Waals surface area contributed by atoms with Crippen molar-refractivity contribution in [3.63, 3.8) is 0 Å². The zero-order chi connectivity index (χ0) is 21.7. The number of hydrogen-bond acceptors (Lipinski definition) is 8. The van der Waals surface area contributed by atoms with Gasteiger partial charge in [-0.2, -0.15) is 5.26 Å². The van der Waals surface area contributed by atoms with Gasteiger partial charge in [0.05, 0.1) is 11.6 Å². The Morgan fingerprint density at radius 2 is 1.97 bits per heavy atom. The number of aromatic nitrogens is 2. The van der Waals surface area contributed by atoms with E-state index in [0.717, 1.165) is 11.1 Å². The van der Waals surface area contributed by atoms with Crippen molar-refractivity contribution in [1.82, 2.24) is 15.3 Å². The minimum Gasteiger partial charge on any atom is -0.396 e. The van der Waals surface area contributed by atoms with E-state index in [1.165, 1.54) is 6.33 Å². The van der Waals surface area contributed by atoms with Crippen molar-refractivity contribution in [2.75, 3.05) is 30.3 Å². The van der Waals surface area contributed by atoms with Crippen LogP contribution < -0.4 is 21.7 Å². The fraction of sp³-hybridized carbons (Fsp3) is 0.455. The van der Waals surface area contributed by atoms with Crippen LogP contribution in [0.4, 0.5) is 11.6 Å². The number of rotatable bonds is 6. The van der Waals surface area contributed by atoms with Crippen LogP contribution in [-0.2, 0) is 4.79 Å². The molecule has 0 saturated carbocycles. The summed E-state index contributed by atoms with van der Waals surface area (Å²) < 4.78 is 0. The molecule has 1 atom stereocenters. The molecular formula is C22H31N7O2. The number of aryl methyl sites for hydroxylation is 1. The number of carbonyl (C=O) groups excluding carboxylic acids is 1. The fourth-order valence-corrected chi connectivity index (χ4v) is 3.63. The molecule has 1 fully saturated rings. The van der Waals surface area contributed by atoms with E-state index in [1.54, 1.807) is 0 Å². The number of anilines is 2. The molecule has 1 aliphatic heterocycles. The Labute approximate surface area is 183 Å². The summed E-state index contributed by atoms with van der Waals surface area (Å²) >= 11 is 0. The highest BCUT2D eigenvalue weighted by molar-refractivity contribution is 5.87. The number of nitriles is 1. The zero-order valence-electron chi connectivity index (χ0n) is 17.0. The highest BCUT2D eigenvalue weighted by atomic mass is 16.3. The third-order valence-electron chi connectivity index (χ3n) is 5.58. The summed E-state index contributed by atoms with van der Waals surface area (Å²) in [5.74, 6) is 0.351. The van der Waals surface area contributed by atoms with Crippen LogP contribution in [0.3, 0.4) is 0 Å². The molecule has 0 spiro atoms. The second-order valence-electron chi connectivity index (χ2n) is 7.66. The van der Waals surface area contributed by atoms with Gasteiger partial charge < -0.3 is 26.8 Å². The lowest BCUT2D eigenvalue weighted by molar-refractivity contribution is -0.128. The molecule has 0 bridgehead atoms. The Kier molecular flexibility index (Phi) is 7.91. The van der Waals surface area contributed by atoms with Crippen LogP contribution in [0.1, 0.15) is 49.4 Å². The zero-order valence-corrected chi connectivity index (χ0v) is 17.0. The van der Waals surface area contributed by atoms with E-state index in [2.05, 4.69) is 15.3 Å². The Morgan fingerprint density at radius 1 is 1.32 bits per heavy atom. The smallest absolute Gasteiger partial charge is 0.240 e.